The Labute approximate surface area is 133 Å². The van der Waals surface area contributed by atoms with Gasteiger partial charge in [-0.15, -0.1) is 0 Å². The van der Waals surface area contributed by atoms with Crippen molar-refractivity contribution in [2.75, 3.05) is 0 Å². The summed E-state index contributed by atoms with van der Waals surface area (Å²) >= 11 is 0. The summed E-state index contributed by atoms with van der Waals surface area (Å²) in [7, 11) is -3.64. The lowest BCUT2D eigenvalue weighted by Gasteiger charge is -2.05. The van der Waals surface area contributed by atoms with Gasteiger partial charge in [-0.3, -0.25) is 10.1 Å². The number of nitro benzene ring substituents is 1. The number of hydrogen-bond donors (Lipinski definition) is 1. The van der Waals surface area contributed by atoms with Gasteiger partial charge in [0.25, 0.3) is 15.7 Å². The molecule has 0 aliphatic heterocycles. The molecule has 7 nitrogen and oxygen atoms in total. The molecule has 0 amide bonds. The molecule has 2 aromatic rings. The highest BCUT2D eigenvalue weighted by Gasteiger charge is 2.11. The smallest absolute Gasteiger partial charge is 0.258 e. The standard InChI is InChI=1S/C15H15N3O4S/c1-12(14-8-5-9-15(10-14)18(19)20)16-17-23(21,22)11-13-6-3-2-4-7-13/h2-10,17H,11H2,1H3. The Bertz CT molecular complexity index is 833. The highest BCUT2D eigenvalue weighted by atomic mass is 32.2. The molecule has 23 heavy (non-hydrogen) atoms. The van der Waals surface area contributed by atoms with Crippen LogP contribution >= 0.6 is 0 Å². The number of non-ortho nitro benzene ring substituents is 1. The molecule has 0 heterocycles. The number of nitro groups is 1. The van der Waals surface area contributed by atoms with Crippen molar-refractivity contribution < 1.29 is 13.3 Å². The largest absolute Gasteiger partial charge is 0.270 e. The van der Waals surface area contributed by atoms with Gasteiger partial charge in [0.2, 0.25) is 0 Å². The minimum absolute atomic E-state index is 0.0795. The topological polar surface area (TPSA) is 102 Å². The summed E-state index contributed by atoms with van der Waals surface area (Å²) in [6, 6.07) is 14.6. The second-order valence-corrected chi connectivity index (χ2v) is 6.54. The van der Waals surface area contributed by atoms with Crippen molar-refractivity contribution in [1.82, 2.24) is 4.83 Å². The zero-order valence-corrected chi connectivity index (χ0v) is 13.2. The average molecular weight is 333 g/mol. The predicted octanol–water partition coefficient (Wildman–Crippen LogP) is 2.44. The van der Waals surface area contributed by atoms with Crippen LogP contribution in [0.4, 0.5) is 5.69 Å². The fraction of sp³-hybridized carbons (Fsp3) is 0.133. The van der Waals surface area contributed by atoms with Crippen LogP contribution in [0.1, 0.15) is 18.1 Å². The van der Waals surface area contributed by atoms with Gasteiger partial charge >= 0.3 is 0 Å². The van der Waals surface area contributed by atoms with Gasteiger partial charge in [-0.2, -0.15) is 5.10 Å². The fourth-order valence-corrected chi connectivity index (χ4v) is 2.84. The van der Waals surface area contributed by atoms with E-state index in [-0.39, 0.29) is 11.4 Å². The molecule has 2 rings (SSSR count). The summed E-state index contributed by atoms with van der Waals surface area (Å²) in [6.07, 6.45) is 0. The summed E-state index contributed by atoms with van der Waals surface area (Å²) in [6.45, 7) is 1.57. The number of hydrogen-bond acceptors (Lipinski definition) is 5. The number of benzene rings is 2. The van der Waals surface area contributed by atoms with E-state index in [0.29, 0.717) is 16.8 Å². The van der Waals surface area contributed by atoms with E-state index in [1.807, 2.05) is 0 Å². The zero-order chi connectivity index (χ0) is 16.9. The molecule has 2 aromatic carbocycles. The third-order valence-corrected chi connectivity index (χ3v) is 4.11. The molecular weight excluding hydrogens is 318 g/mol. The molecule has 0 saturated carbocycles. The minimum atomic E-state index is -3.64. The molecule has 120 valence electrons. The first kappa shape index (κ1) is 16.6. The number of sulfonamides is 1. The van der Waals surface area contributed by atoms with Crippen molar-refractivity contribution in [1.29, 1.82) is 0 Å². The molecule has 0 atom stereocenters. The molecule has 0 radical (unpaired) electrons. The Hall–Kier alpha value is -2.74. The van der Waals surface area contributed by atoms with E-state index in [2.05, 4.69) is 9.93 Å². The quantitative estimate of drug-likeness (QED) is 0.498. The van der Waals surface area contributed by atoms with E-state index in [4.69, 9.17) is 0 Å². The third-order valence-electron chi connectivity index (χ3n) is 3.03. The summed E-state index contributed by atoms with van der Waals surface area (Å²) in [4.78, 5) is 12.4. The molecule has 0 unspecified atom stereocenters. The van der Waals surface area contributed by atoms with Gasteiger partial charge in [0.15, 0.2) is 0 Å². The Morgan fingerprint density at radius 3 is 2.52 bits per heavy atom. The maximum Gasteiger partial charge on any atom is 0.270 e. The predicted molar refractivity (Wildman–Crippen MR) is 87.5 cm³/mol. The monoisotopic (exact) mass is 333 g/mol. The summed E-state index contributed by atoms with van der Waals surface area (Å²) in [5.41, 5.74) is 1.37. The summed E-state index contributed by atoms with van der Waals surface area (Å²) in [5.74, 6) is -0.195. The highest BCUT2D eigenvalue weighted by Crippen LogP contribution is 2.13. The van der Waals surface area contributed by atoms with E-state index in [1.165, 1.54) is 18.2 Å². The zero-order valence-electron chi connectivity index (χ0n) is 12.3. The van der Waals surface area contributed by atoms with Gasteiger partial charge in [-0.1, -0.05) is 42.5 Å². The first-order valence-electron chi connectivity index (χ1n) is 6.70. The second-order valence-electron chi connectivity index (χ2n) is 4.84. The number of nitrogens with one attached hydrogen (secondary N) is 1. The lowest BCUT2D eigenvalue weighted by Crippen LogP contribution is -2.21. The summed E-state index contributed by atoms with van der Waals surface area (Å²) < 4.78 is 24.0. The molecule has 0 aliphatic carbocycles. The van der Waals surface area contributed by atoms with Crippen LogP contribution in [0.2, 0.25) is 0 Å². The molecule has 0 saturated heterocycles. The van der Waals surface area contributed by atoms with Gasteiger partial charge in [-0.25, -0.2) is 13.2 Å². The lowest BCUT2D eigenvalue weighted by atomic mass is 10.1. The van der Waals surface area contributed by atoms with Crippen molar-refractivity contribution in [3.8, 4) is 0 Å². The Morgan fingerprint density at radius 2 is 1.87 bits per heavy atom. The number of hydrazone groups is 1. The SMILES string of the molecule is CC(=NNS(=O)(=O)Cc1ccccc1)c1cccc([N+](=O)[O-])c1. The van der Waals surface area contributed by atoms with E-state index in [0.717, 1.165) is 0 Å². The van der Waals surface area contributed by atoms with Crippen molar-refractivity contribution in [3.63, 3.8) is 0 Å². The van der Waals surface area contributed by atoms with Crippen LogP contribution < -0.4 is 4.83 Å². The Morgan fingerprint density at radius 1 is 1.17 bits per heavy atom. The minimum Gasteiger partial charge on any atom is -0.258 e. The molecule has 0 bridgehead atoms. The van der Waals surface area contributed by atoms with Crippen molar-refractivity contribution in [3.05, 3.63) is 75.8 Å². The Kier molecular flexibility index (Phi) is 5.07. The summed E-state index contributed by atoms with van der Waals surface area (Å²) in [5, 5.41) is 14.6. The molecule has 0 spiro atoms. The first-order chi connectivity index (χ1) is 10.9. The van der Waals surface area contributed by atoms with Gasteiger partial charge in [0, 0.05) is 17.7 Å². The fourth-order valence-electron chi connectivity index (χ4n) is 1.87. The van der Waals surface area contributed by atoms with Crippen LogP contribution in [0.5, 0.6) is 0 Å². The molecular formula is C15H15N3O4S. The molecule has 8 heteroatoms. The van der Waals surface area contributed by atoms with Crippen LogP contribution in [0, 0.1) is 10.1 Å². The number of rotatable bonds is 6. The maximum absolute atomic E-state index is 12.0. The molecule has 0 aliphatic rings. The van der Waals surface area contributed by atoms with Gasteiger partial charge in [0.1, 0.15) is 0 Å². The van der Waals surface area contributed by atoms with E-state index in [1.54, 1.807) is 43.3 Å². The van der Waals surface area contributed by atoms with Gasteiger partial charge in [0.05, 0.1) is 16.4 Å². The maximum atomic E-state index is 12.0. The Balaban J connectivity index is 2.12. The van der Waals surface area contributed by atoms with Crippen LogP contribution in [0.15, 0.2) is 59.7 Å². The first-order valence-corrected chi connectivity index (χ1v) is 8.35. The van der Waals surface area contributed by atoms with Crippen LogP contribution in [-0.2, 0) is 15.8 Å². The van der Waals surface area contributed by atoms with E-state index in [9.17, 15) is 18.5 Å². The van der Waals surface area contributed by atoms with Crippen molar-refractivity contribution in [2.45, 2.75) is 12.7 Å². The highest BCUT2D eigenvalue weighted by molar-refractivity contribution is 7.88. The van der Waals surface area contributed by atoms with Crippen molar-refractivity contribution in [2.24, 2.45) is 5.10 Å². The third kappa shape index (κ3) is 4.89. The van der Waals surface area contributed by atoms with Crippen molar-refractivity contribution >= 4 is 21.4 Å². The average Bonchev–Trinajstić information content (AvgIpc) is 2.53. The van der Waals surface area contributed by atoms with Crippen LogP contribution in [0.3, 0.4) is 0 Å². The van der Waals surface area contributed by atoms with Crippen LogP contribution in [0.25, 0.3) is 0 Å². The van der Waals surface area contributed by atoms with Gasteiger partial charge in [-0.05, 0) is 12.5 Å². The van der Waals surface area contributed by atoms with E-state index < -0.39 is 14.9 Å². The normalized spacial score (nSPS) is 12.0. The van der Waals surface area contributed by atoms with Gasteiger partial charge < -0.3 is 0 Å². The lowest BCUT2D eigenvalue weighted by molar-refractivity contribution is -0.384. The second kappa shape index (κ2) is 7.01. The number of nitrogens with zero attached hydrogens (tertiary/aromatic N) is 2. The van der Waals surface area contributed by atoms with Crippen LogP contribution in [-0.4, -0.2) is 19.1 Å². The molecule has 0 aromatic heterocycles. The molecule has 1 N–H and O–H groups in total. The van der Waals surface area contributed by atoms with E-state index >= 15 is 0 Å². The molecule has 0 fully saturated rings.